The average molecular weight is 254 g/mol. The number of esters is 1. The molecule has 1 aliphatic carbocycles. The first-order valence-electron chi connectivity index (χ1n) is 6.27. The molecule has 1 saturated carbocycles. The van der Waals surface area contributed by atoms with E-state index >= 15 is 0 Å². The van der Waals surface area contributed by atoms with Gasteiger partial charge in [-0.1, -0.05) is 12.2 Å². The van der Waals surface area contributed by atoms with Gasteiger partial charge in [-0.3, -0.25) is 9.59 Å². The third-order valence-electron chi connectivity index (χ3n) is 3.06. The molecule has 102 valence electrons. The lowest BCUT2D eigenvalue weighted by Gasteiger charge is -2.22. The molecule has 0 bridgehead atoms. The second kappa shape index (κ2) is 5.12. The van der Waals surface area contributed by atoms with Crippen molar-refractivity contribution in [2.45, 2.75) is 52.6 Å². The summed E-state index contributed by atoms with van der Waals surface area (Å²) < 4.78 is 5.37. The van der Waals surface area contributed by atoms with E-state index in [4.69, 9.17) is 9.84 Å². The average Bonchev–Trinajstić information content (AvgIpc) is 2.83. The van der Waals surface area contributed by atoms with Crippen LogP contribution in [0.2, 0.25) is 0 Å². The van der Waals surface area contributed by atoms with Crippen LogP contribution in [0.3, 0.4) is 0 Å². The van der Waals surface area contributed by atoms with Crippen molar-refractivity contribution in [3.63, 3.8) is 0 Å². The van der Waals surface area contributed by atoms with E-state index in [1.807, 2.05) is 39.8 Å². The largest absolute Gasteiger partial charge is 0.481 e. The molecule has 1 rings (SSSR count). The Hall–Kier alpha value is -1.32. The van der Waals surface area contributed by atoms with E-state index in [1.54, 1.807) is 0 Å². The maximum Gasteiger partial charge on any atom is 0.312 e. The van der Waals surface area contributed by atoms with Gasteiger partial charge in [0.25, 0.3) is 0 Å². The molecule has 0 saturated heterocycles. The molecule has 0 heterocycles. The second-order valence-electron chi connectivity index (χ2n) is 6.09. The van der Waals surface area contributed by atoms with Crippen molar-refractivity contribution in [2.75, 3.05) is 0 Å². The zero-order chi connectivity index (χ0) is 14.0. The van der Waals surface area contributed by atoms with E-state index in [9.17, 15) is 9.59 Å². The smallest absolute Gasteiger partial charge is 0.312 e. The molecule has 1 fully saturated rings. The Morgan fingerprint density at radius 2 is 2.06 bits per heavy atom. The van der Waals surface area contributed by atoms with Gasteiger partial charge in [-0.05, 0) is 46.5 Å². The molecule has 0 radical (unpaired) electrons. The molecular weight excluding hydrogens is 232 g/mol. The molecule has 0 aromatic carbocycles. The van der Waals surface area contributed by atoms with E-state index in [1.165, 1.54) is 0 Å². The molecule has 0 amide bonds. The van der Waals surface area contributed by atoms with Crippen molar-refractivity contribution in [3.8, 4) is 0 Å². The van der Waals surface area contributed by atoms with Crippen molar-refractivity contribution in [3.05, 3.63) is 12.2 Å². The summed E-state index contributed by atoms with van der Waals surface area (Å²) in [4.78, 5) is 22.3. The number of rotatable bonds is 5. The first-order chi connectivity index (χ1) is 8.15. The lowest BCUT2D eigenvalue weighted by atomic mass is 10.1. The number of carboxylic acids is 1. The molecule has 2 atom stereocenters. The van der Waals surface area contributed by atoms with Crippen molar-refractivity contribution >= 4 is 11.9 Å². The number of carbonyl (C=O) groups is 2. The fourth-order valence-electron chi connectivity index (χ4n) is 1.78. The fourth-order valence-corrected chi connectivity index (χ4v) is 1.78. The summed E-state index contributed by atoms with van der Waals surface area (Å²) in [6.45, 7) is 7.46. The van der Waals surface area contributed by atoms with Crippen LogP contribution in [0.15, 0.2) is 12.2 Å². The molecule has 1 aliphatic rings. The minimum Gasteiger partial charge on any atom is -0.481 e. The Morgan fingerprint density at radius 1 is 1.44 bits per heavy atom. The molecule has 0 aromatic rings. The van der Waals surface area contributed by atoms with Gasteiger partial charge in [-0.25, -0.2) is 0 Å². The summed E-state index contributed by atoms with van der Waals surface area (Å²) in [6.07, 6.45) is 5.20. The van der Waals surface area contributed by atoms with Crippen LogP contribution < -0.4 is 0 Å². The highest BCUT2D eigenvalue weighted by Gasteiger charge is 2.56. The summed E-state index contributed by atoms with van der Waals surface area (Å²) in [5, 5.41) is 8.50. The van der Waals surface area contributed by atoms with Crippen molar-refractivity contribution in [2.24, 2.45) is 11.3 Å². The molecule has 18 heavy (non-hydrogen) atoms. The monoisotopic (exact) mass is 254 g/mol. The zero-order valence-electron chi connectivity index (χ0n) is 11.5. The quantitative estimate of drug-likeness (QED) is 0.605. The minimum atomic E-state index is -0.801. The third kappa shape index (κ3) is 4.17. The number of allylic oxidation sites excluding steroid dienone is 2. The number of carboxylic acid groups (broad SMARTS) is 1. The number of hydrogen-bond donors (Lipinski definition) is 1. The van der Waals surface area contributed by atoms with E-state index in [-0.39, 0.29) is 18.3 Å². The molecule has 0 unspecified atom stereocenters. The number of aliphatic carboxylic acids is 1. The molecule has 4 heteroatoms. The van der Waals surface area contributed by atoms with Gasteiger partial charge >= 0.3 is 11.9 Å². The Bertz CT molecular complexity index is 364. The maximum absolute atomic E-state index is 11.9. The minimum absolute atomic E-state index is 0.131. The van der Waals surface area contributed by atoms with E-state index in [0.717, 1.165) is 6.42 Å². The van der Waals surface area contributed by atoms with Gasteiger partial charge in [0.1, 0.15) is 5.60 Å². The maximum atomic E-state index is 11.9. The summed E-state index contributed by atoms with van der Waals surface area (Å²) >= 11 is 0. The zero-order valence-corrected chi connectivity index (χ0v) is 11.5. The standard InChI is InChI=1S/C14H22O4/c1-13(2,3)18-12(17)14(4)9-10(14)7-5-6-8-11(15)16/h5,7,10H,6,8-9H2,1-4H3,(H,15,16)/b7-5-/t10-,14-/m0/s1. The van der Waals surface area contributed by atoms with Gasteiger partial charge < -0.3 is 9.84 Å². The SMILES string of the molecule is CC(C)(C)OC(=O)[C@@]1(C)C[C@@H]1/C=C\CCC(=O)O. The lowest BCUT2D eigenvalue weighted by molar-refractivity contribution is -0.161. The molecule has 0 aromatic heterocycles. The summed E-state index contributed by atoms with van der Waals surface area (Å²) in [5.74, 6) is -0.783. The van der Waals surface area contributed by atoms with E-state index in [0.29, 0.717) is 6.42 Å². The second-order valence-corrected chi connectivity index (χ2v) is 6.09. The highest BCUT2D eigenvalue weighted by Crippen LogP contribution is 2.54. The topological polar surface area (TPSA) is 63.6 Å². The van der Waals surface area contributed by atoms with Crippen molar-refractivity contribution in [1.29, 1.82) is 0 Å². The van der Waals surface area contributed by atoms with Crippen LogP contribution in [0.5, 0.6) is 0 Å². The van der Waals surface area contributed by atoms with E-state index in [2.05, 4.69) is 0 Å². The molecule has 1 N–H and O–H groups in total. The van der Waals surface area contributed by atoms with Crippen LogP contribution in [0.4, 0.5) is 0 Å². The summed E-state index contributed by atoms with van der Waals surface area (Å²) in [5.41, 5.74) is -0.882. The normalized spacial score (nSPS) is 27.2. The molecule has 0 spiro atoms. The molecule has 0 aliphatic heterocycles. The fraction of sp³-hybridized carbons (Fsp3) is 0.714. The van der Waals surface area contributed by atoms with Gasteiger partial charge in [0.05, 0.1) is 5.41 Å². The molecular formula is C14H22O4. The van der Waals surface area contributed by atoms with Gasteiger partial charge in [-0.15, -0.1) is 0 Å². The van der Waals surface area contributed by atoms with Gasteiger partial charge in [0, 0.05) is 6.42 Å². The highest BCUT2D eigenvalue weighted by atomic mass is 16.6. The van der Waals surface area contributed by atoms with E-state index < -0.39 is 17.0 Å². The Morgan fingerprint density at radius 3 is 2.56 bits per heavy atom. The van der Waals surface area contributed by atoms with Crippen LogP contribution in [0.25, 0.3) is 0 Å². The number of ether oxygens (including phenoxy) is 1. The van der Waals surface area contributed by atoms with Gasteiger partial charge in [0.15, 0.2) is 0 Å². The predicted octanol–water partition coefficient (Wildman–Crippen LogP) is 2.78. The first kappa shape index (κ1) is 14.7. The molecule has 4 nitrogen and oxygen atoms in total. The lowest BCUT2D eigenvalue weighted by Crippen LogP contribution is -2.29. The number of hydrogen-bond acceptors (Lipinski definition) is 3. The van der Waals surface area contributed by atoms with Gasteiger partial charge in [0.2, 0.25) is 0 Å². The van der Waals surface area contributed by atoms with Gasteiger partial charge in [-0.2, -0.15) is 0 Å². The number of carbonyl (C=O) groups excluding carboxylic acids is 1. The predicted molar refractivity (Wildman–Crippen MR) is 68.1 cm³/mol. The van der Waals surface area contributed by atoms with Crippen LogP contribution in [0, 0.1) is 11.3 Å². The van der Waals surface area contributed by atoms with Crippen LogP contribution in [0.1, 0.15) is 47.0 Å². The summed E-state index contributed by atoms with van der Waals surface area (Å²) in [6, 6.07) is 0. The van der Waals surface area contributed by atoms with Crippen LogP contribution >= 0.6 is 0 Å². The Kier molecular flexibility index (Phi) is 4.20. The first-order valence-corrected chi connectivity index (χ1v) is 6.27. The van der Waals surface area contributed by atoms with Crippen molar-refractivity contribution in [1.82, 2.24) is 0 Å². The Labute approximate surface area is 108 Å². The van der Waals surface area contributed by atoms with Crippen LogP contribution in [-0.2, 0) is 14.3 Å². The van der Waals surface area contributed by atoms with Crippen LogP contribution in [-0.4, -0.2) is 22.6 Å². The Balaban J connectivity index is 2.41. The highest BCUT2D eigenvalue weighted by molar-refractivity contribution is 5.81. The van der Waals surface area contributed by atoms with Crippen molar-refractivity contribution < 1.29 is 19.4 Å². The summed E-state index contributed by atoms with van der Waals surface area (Å²) in [7, 11) is 0. The third-order valence-corrected chi connectivity index (χ3v) is 3.06.